The Labute approximate surface area is 110 Å². The molecule has 0 aromatic heterocycles. The second kappa shape index (κ2) is 5.29. The zero-order chi connectivity index (χ0) is 13.2. The second-order valence-corrected chi connectivity index (χ2v) is 5.64. The van der Waals surface area contributed by atoms with Crippen molar-refractivity contribution in [3.63, 3.8) is 0 Å². The van der Waals surface area contributed by atoms with Crippen LogP contribution in [0, 0.1) is 6.92 Å². The average molecular weight is 248 g/mol. The summed E-state index contributed by atoms with van der Waals surface area (Å²) >= 11 is 0. The van der Waals surface area contributed by atoms with E-state index in [1.54, 1.807) is 0 Å². The second-order valence-electron chi connectivity index (χ2n) is 5.64. The van der Waals surface area contributed by atoms with E-state index >= 15 is 0 Å². The first kappa shape index (κ1) is 13.4. The average Bonchev–Trinajstić information content (AvgIpc) is 2.31. The van der Waals surface area contributed by atoms with Crippen molar-refractivity contribution in [2.75, 3.05) is 11.9 Å². The molecule has 0 aliphatic carbocycles. The molecule has 1 heterocycles. The van der Waals surface area contributed by atoms with E-state index in [-0.39, 0.29) is 17.7 Å². The fourth-order valence-electron chi connectivity index (χ4n) is 2.94. The van der Waals surface area contributed by atoms with Crippen LogP contribution < -0.4 is 11.1 Å². The Kier molecular flexibility index (Phi) is 3.93. The highest BCUT2D eigenvalue weighted by Crippen LogP contribution is 2.31. The van der Waals surface area contributed by atoms with E-state index in [0.717, 1.165) is 18.5 Å². The lowest BCUT2D eigenvalue weighted by Crippen LogP contribution is -2.53. The molecule has 3 N–H and O–H groups in total. The maximum absolute atomic E-state index is 6.02. The van der Waals surface area contributed by atoms with E-state index in [0.29, 0.717) is 6.54 Å². The number of nitrogens with one attached hydrogen (secondary N) is 1. The predicted octanol–water partition coefficient (Wildman–Crippen LogP) is 2.69. The van der Waals surface area contributed by atoms with Crippen molar-refractivity contribution in [3.05, 3.63) is 29.8 Å². The maximum Gasteiger partial charge on any atom is 0.0573 e. The molecule has 18 heavy (non-hydrogen) atoms. The number of hydrogen-bond acceptors (Lipinski definition) is 3. The molecule has 3 heteroatoms. The molecule has 1 aliphatic heterocycles. The maximum atomic E-state index is 6.02. The minimum absolute atomic E-state index is 0.0354. The van der Waals surface area contributed by atoms with Gasteiger partial charge in [-0.15, -0.1) is 0 Å². The van der Waals surface area contributed by atoms with Crippen molar-refractivity contribution in [1.29, 1.82) is 0 Å². The van der Waals surface area contributed by atoms with Gasteiger partial charge in [0.2, 0.25) is 0 Å². The summed E-state index contributed by atoms with van der Waals surface area (Å²) in [6, 6.07) is 8.49. The number of nitrogens with two attached hydrogens (primary N) is 1. The van der Waals surface area contributed by atoms with Crippen molar-refractivity contribution < 1.29 is 4.74 Å². The van der Waals surface area contributed by atoms with Crippen molar-refractivity contribution in [3.8, 4) is 0 Å². The lowest BCUT2D eigenvalue weighted by molar-refractivity contribution is -0.0536. The Morgan fingerprint density at radius 1 is 1.22 bits per heavy atom. The molecule has 3 nitrogen and oxygen atoms in total. The van der Waals surface area contributed by atoms with Crippen molar-refractivity contribution in [1.82, 2.24) is 0 Å². The Bertz CT molecular complexity index is 378. The molecular weight excluding hydrogens is 224 g/mol. The van der Waals surface area contributed by atoms with Gasteiger partial charge in [0.15, 0.2) is 0 Å². The summed E-state index contributed by atoms with van der Waals surface area (Å²) in [5.41, 5.74) is 8.41. The number of rotatable bonds is 3. The van der Waals surface area contributed by atoms with Gasteiger partial charge < -0.3 is 15.8 Å². The molecule has 0 saturated carbocycles. The molecule has 0 radical (unpaired) electrons. The Hall–Kier alpha value is -1.06. The van der Waals surface area contributed by atoms with Crippen LogP contribution in [-0.2, 0) is 4.74 Å². The minimum Gasteiger partial charge on any atom is -0.378 e. The number of hydrogen-bond donors (Lipinski definition) is 2. The van der Waals surface area contributed by atoms with E-state index in [1.807, 2.05) is 0 Å². The first-order valence-electron chi connectivity index (χ1n) is 6.73. The molecule has 0 bridgehead atoms. The molecule has 1 fully saturated rings. The SMILES string of the molecule is Cc1ccc(NC2(CN)CC(C)OC(C)C2)cc1. The van der Waals surface area contributed by atoms with Crippen LogP contribution >= 0.6 is 0 Å². The van der Waals surface area contributed by atoms with Gasteiger partial charge >= 0.3 is 0 Å². The molecule has 2 unspecified atom stereocenters. The van der Waals surface area contributed by atoms with Crippen LogP contribution in [0.1, 0.15) is 32.3 Å². The van der Waals surface area contributed by atoms with Crippen LogP contribution in [0.4, 0.5) is 5.69 Å². The molecule has 1 aromatic carbocycles. The third kappa shape index (κ3) is 3.03. The van der Waals surface area contributed by atoms with Gasteiger partial charge in [0.05, 0.1) is 17.7 Å². The fraction of sp³-hybridized carbons (Fsp3) is 0.600. The summed E-state index contributed by atoms with van der Waals surface area (Å²) in [7, 11) is 0. The van der Waals surface area contributed by atoms with E-state index in [9.17, 15) is 0 Å². The third-order valence-electron chi connectivity index (χ3n) is 3.67. The summed E-state index contributed by atoms with van der Waals surface area (Å²) in [4.78, 5) is 0. The van der Waals surface area contributed by atoms with Gasteiger partial charge in [-0.2, -0.15) is 0 Å². The highest BCUT2D eigenvalue weighted by atomic mass is 16.5. The van der Waals surface area contributed by atoms with Crippen LogP contribution in [0.25, 0.3) is 0 Å². The van der Waals surface area contributed by atoms with Gasteiger partial charge in [-0.05, 0) is 45.7 Å². The quantitative estimate of drug-likeness (QED) is 0.864. The third-order valence-corrected chi connectivity index (χ3v) is 3.67. The highest BCUT2D eigenvalue weighted by molar-refractivity contribution is 5.47. The molecule has 1 aliphatic rings. The smallest absolute Gasteiger partial charge is 0.0573 e. The first-order chi connectivity index (χ1) is 8.53. The van der Waals surface area contributed by atoms with Gasteiger partial charge in [-0.25, -0.2) is 0 Å². The van der Waals surface area contributed by atoms with Crippen LogP contribution in [0.2, 0.25) is 0 Å². The molecule has 2 atom stereocenters. The number of ether oxygens (including phenoxy) is 1. The van der Waals surface area contributed by atoms with E-state index in [1.165, 1.54) is 5.56 Å². The lowest BCUT2D eigenvalue weighted by Gasteiger charge is -2.43. The van der Waals surface area contributed by atoms with Gasteiger partial charge in [0, 0.05) is 12.2 Å². The predicted molar refractivity (Wildman–Crippen MR) is 75.8 cm³/mol. The first-order valence-corrected chi connectivity index (χ1v) is 6.73. The van der Waals surface area contributed by atoms with Crippen LogP contribution in [0.15, 0.2) is 24.3 Å². The van der Waals surface area contributed by atoms with E-state index < -0.39 is 0 Å². The van der Waals surface area contributed by atoms with Gasteiger partial charge in [-0.1, -0.05) is 17.7 Å². The van der Waals surface area contributed by atoms with Crippen LogP contribution in [-0.4, -0.2) is 24.3 Å². The van der Waals surface area contributed by atoms with Gasteiger partial charge in [0.1, 0.15) is 0 Å². The topological polar surface area (TPSA) is 47.3 Å². The molecule has 100 valence electrons. The summed E-state index contributed by atoms with van der Waals surface area (Å²) < 4.78 is 5.80. The molecule has 1 saturated heterocycles. The number of anilines is 1. The minimum atomic E-state index is -0.0354. The van der Waals surface area contributed by atoms with E-state index in [4.69, 9.17) is 10.5 Å². The summed E-state index contributed by atoms with van der Waals surface area (Å²) in [6.07, 6.45) is 2.44. The zero-order valence-electron chi connectivity index (χ0n) is 11.6. The largest absolute Gasteiger partial charge is 0.378 e. The van der Waals surface area contributed by atoms with Crippen LogP contribution in [0.5, 0.6) is 0 Å². The van der Waals surface area contributed by atoms with Crippen molar-refractivity contribution in [2.45, 2.75) is 51.4 Å². The normalized spacial score (nSPS) is 32.2. The molecule has 0 spiro atoms. The number of aryl methyl sites for hydroxylation is 1. The monoisotopic (exact) mass is 248 g/mol. The Morgan fingerprint density at radius 3 is 2.28 bits per heavy atom. The molecular formula is C15H24N2O. The van der Waals surface area contributed by atoms with Crippen LogP contribution in [0.3, 0.4) is 0 Å². The standard InChI is InChI=1S/C15H24N2O/c1-11-4-6-14(7-5-11)17-15(10-16)8-12(2)18-13(3)9-15/h4-7,12-13,17H,8-10,16H2,1-3H3. The van der Waals surface area contributed by atoms with E-state index in [2.05, 4.69) is 50.4 Å². The Balaban J connectivity index is 2.14. The lowest BCUT2D eigenvalue weighted by atomic mass is 9.84. The summed E-state index contributed by atoms with van der Waals surface area (Å²) in [5, 5.41) is 3.63. The summed E-state index contributed by atoms with van der Waals surface area (Å²) in [5.74, 6) is 0. The fourth-order valence-corrected chi connectivity index (χ4v) is 2.94. The van der Waals surface area contributed by atoms with Gasteiger partial charge in [0.25, 0.3) is 0 Å². The molecule has 2 rings (SSSR count). The van der Waals surface area contributed by atoms with Crippen molar-refractivity contribution in [2.24, 2.45) is 5.73 Å². The summed E-state index contributed by atoms with van der Waals surface area (Å²) in [6.45, 7) is 6.98. The Morgan fingerprint density at radius 2 is 1.78 bits per heavy atom. The van der Waals surface area contributed by atoms with Crippen molar-refractivity contribution >= 4 is 5.69 Å². The number of benzene rings is 1. The molecule has 1 aromatic rings. The molecule has 0 amide bonds. The van der Waals surface area contributed by atoms with Gasteiger partial charge in [-0.3, -0.25) is 0 Å². The highest BCUT2D eigenvalue weighted by Gasteiger charge is 2.37. The zero-order valence-corrected chi connectivity index (χ0v) is 11.6.